The molecule has 0 saturated carbocycles. The molecule has 0 unspecified atom stereocenters. The number of benzene rings is 2. The first-order valence-electron chi connectivity index (χ1n) is 9.22. The third-order valence-electron chi connectivity index (χ3n) is 4.69. The highest BCUT2D eigenvalue weighted by atomic mass is 16.5. The Labute approximate surface area is 155 Å². The highest BCUT2D eigenvalue weighted by molar-refractivity contribution is 5.94. The molecule has 5 nitrogen and oxygen atoms in total. The number of nitrogens with zero attached hydrogens (tertiary/aromatic N) is 2. The third-order valence-corrected chi connectivity index (χ3v) is 4.69. The summed E-state index contributed by atoms with van der Waals surface area (Å²) in [5.74, 6) is 0.587. The summed E-state index contributed by atoms with van der Waals surface area (Å²) in [4.78, 5) is 17.2. The molecule has 1 fully saturated rings. The fourth-order valence-electron chi connectivity index (χ4n) is 3.03. The van der Waals surface area contributed by atoms with Crippen molar-refractivity contribution in [2.45, 2.75) is 19.4 Å². The summed E-state index contributed by atoms with van der Waals surface area (Å²) < 4.78 is 5.80. The van der Waals surface area contributed by atoms with Crippen LogP contribution < -0.4 is 15.0 Å². The molecule has 0 bridgehead atoms. The van der Waals surface area contributed by atoms with E-state index < -0.39 is 6.10 Å². The molecule has 26 heavy (non-hydrogen) atoms. The minimum absolute atomic E-state index is 0.122. The standard InChI is InChI=1S/C21H27N3O2/c1-3-20(26-19-7-5-4-6-8-19)21(25)22-17-9-11-18(12-10-17)24-15-13-23(2)14-16-24/h4-12,20H,3,13-16H2,1-2H3,(H,22,25)/t20-/m0/s1. The van der Waals surface area contributed by atoms with Gasteiger partial charge in [-0.25, -0.2) is 0 Å². The molecule has 1 amide bonds. The van der Waals surface area contributed by atoms with Crippen LogP contribution in [0.5, 0.6) is 5.75 Å². The van der Waals surface area contributed by atoms with Gasteiger partial charge in [0, 0.05) is 37.6 Å². The average molecular weight is 353 g/mol. The Bertz CT molecular complexity index is 695. The van der Waals surface area contributed by atoms with Crippen molar-refractivity contribution in [2.75, 3.05) is 43.4 Å². The van der Waals surface area contributed by atoms with Gasteiger partial charge in [0.15, 0.2) is 6.10 Å². The molecule has 1 aliphatic heterocycles. The van der Waals surface area contributed by atoms with Gasteiger partial charge in [-0.15, -0.1) is 0 Å². The largest absolute Gasteiger partial charge is 0.481 e. The van der Waals surface area contributed by atoms with Crippen LogP contribution in [0.25, 0.3) is 0 Å². The minimum atomic E-state index is -0.505. The minimum Gasteiger partial charge on any atom is -0.481 e. The lowest BCUT2D eigenvalue weighted by Gasteiger charge is -2.34. The zero-order valence-corrected chi connectivity index (χ0v) is 15.5. The molecule has 0 spiro atoms. The number of piperazine rings is 1. The number of rotatable bonds is 6. The highest BCUT2D eigenvalue weighted by Gasteiger charge is 2.19. The highest BCUT2D eigenvalue weighted by Crippen LogP contribution is 2.20. The van der Waals surface area contributed by atoms with Crippen molar-refractivity contribution in [1.82, 2.24) is 4.90 Å². The van der Waals surface area contributed by atoms with E-state index in [1.54, 1.807) is 0 Å². The lowest BCUT2D eigenvalue weighted by atomic mass is 10.2. The van der Waals surface area contributed by atoms with Gasteiger partial charge >= 0.3 is 0 Å². The molecule has 1 aliphatic rings. The molecule has 3 rings (SSSR count). The topological polar surface area (TPSA) is 44.8 Å². The lowest BCUT2D eigenvalue weighted by Crippen LogP contribution is -2.44. The van der Waals surface area contributed by atoms with E-state index in [1.807, 2.05) is 49.4 Å². The third kappa shape index (κ3) is 4.76. The number of hydrogen-bond acceptors (Lipinski definition) is 4. The van der Waals surface area contributed by atoms with Crippen molar-refractivity contribution in [2.24, 2.45) is 0 Å². The van der Waals surface area contributed by atoms with Crippen LogP contribution in [0.1, 0.15) is 13.3 Å². The monoisotopic (exact) mass is 353 g/mol. The Kier molecular flexibility index (Phi) is 6.12. The Morgan fingerprint density at radius 1 is 1.04 bits per heavy atom. The Morgan fingerprint density at radius 2 is 1.69 bits per heavy atom. The van der Waals surface area contributed by atoms with E-state index >= 15 is 0 Å². The van der Waals surface area contributed by atoms with E-state index in [0.717, 1.165) is 31.9 Å². The number of para-hydroxylation sites is 1. The van der Waals surface area contributed by atoms with E-state index in [-0.39, 0.29) is 5.91 Å². The van der Waals surface area contributed by atoms with E-state index in [1.165, 1.54) is 5.69 Å². The quantitative estimate of drug-likeness (QED) is 0.866. The van der Waals surface area contributed by atoms with Crippen LogP contribution in [0.3, 0.4) is 0 Å². The van der Waals surface area contributed by atoms with Gasteiger partial charge in [0.1, 0.15) is 5.75 Å². The van der Waals surface area contributed by atoms with Crippen LogP contribution in [0, 0.1) is 0 Å². The van der Waals surface area contributed by atoms with Crippen molar-refractivity contribution in [1.29, 1.82) is 0 Å². The molecule has 0 radical (unpaired) electrons. The van der Waals surface area contributed by atoms with E-state index in [2.05, 4.69) is 34.3 Å². The van der Waals surface area contributed by atoms with Gasteiger partial charge in [0.05, 0.1) is 0 Å². The Morgan fingerprint density at radius 3 is 2.31 bits per heavy atom. The average Bonchev–Trinajstić information content (AvgIpc) is 2.68. The van der Waals surface area contributed by atoms with E-state index in [4.69, 9.17) is 4.74 Å². The maximum absolute atomic E-state index is 12.5. The maximum atomic E-state index is 12.5. The maximum Gasteiger partial charge on any atom is 0.265 e. The first kappa shape index (κ1) is 18.3. The van der Waals surface area contributed by atoms with Crippen LogP contribution in [-0.2, 0) is 4.79 Å². The van der Waals surface area contributed by atoms with Gasteiger partial charge in [0.2, 0.25) is 0 Å². The van der Waals surface area contributed by atoms with Gasteiger partial charge in [-0.05, 0) is 49.9 Å². The molecule has 0 aliphatic carbocycles. The summed E-state index contributed by atoms with van der Waals surface area (Å²) in [6.07, 6.45) is 0.106. The predicted octanol–water partition coefficient (Wildman–Crippen LogP) is 3.23. The second-order valence-electron chi connectivity index (χ2n) is 6.65. The van der Waals surface area contributed by atoms with Crippen LogP contribution in [-0.4, -0.2) is 50.1 Å². The number of ether oxygens (including phenoxy) is 1. The predicted molar refractivity (Wildman–Crippen MR) is 106 cm³/mol. The molecule has 2 aromatic carbocycles. The second kappa shape index (κ2) is 8.72. The normalized spacial score (nSPS) is 16.2. The van der Waals surface area contributed by atoms with E-state index in [9.17, 15) is 4.79 Å². The lowest BCUT2D eigenvalue weighted by molar-refractivity contribution is -0.122. The molecule has 1 heterocycles. The molecule has 1 N–H and O–H groups in total. The second-order valence-corrected chi connectivity index (χ2v) is 6.65. The molecule has 0 aromatic heterocycles. The smallest absolute Gasteiger partial charge is 0.265 e. The summed E-state index contributed by atoms with van der Waals surface area (Å²) >= 11 is 0. The van der Waals surface area contributed by atoms with Crippen molar-refractivity contribution in [3.63, 3.8) is 0 Å². The molecule has 5 heteroatoms. The summed E-state index contributed by atoms with van der Waals surface area (Å²) in [6.45, 7) is 6.17. The number of anilines is 2. The van der Waals surface area contributed by atoms with Crippen molar-refractivity contribution < 1.29 is 9.53 Å². The molecule has 1 atom stereocenters. The van der Waals surface area contributed by atoms with Crippen LogP contribution >= 0.6 is 0 Å². The number of amides is 1. The molecule has 2 aromatic rings. The number of carbonyl (C=O) groups excluding carboxylic acids is 1. The molecule has 1 saturated heterocycles. The van der Waals surface area contributed by atoms with Gasteiger partial charge in [0.25, 0.3) is 5.91 Å². The SMILES string of the molecule is CC[C@H](Oc1ccccc1)C(=O)Nc1ccc(N2CCN(C)CC2)cc1. The van der Waals surface area contributed by atoms with Crippen LogP contribution in [0.4, 0.5) is 11.4 Å². The number of carbonyl (C=O) groups is 1. The number of likely N-dealkylation sites (N-methyl/N-ethyl adjacent to an activating group) is 1. The fraction of sp³-hybridized carbons (Fsp3) is 0.381. The van der Waals surface area contributed by atoms with Crippen molar-refractivity contribution >= 4 is 17.3 Å². The summed E-state index contributed by atoms with van der Waals surface area (Å²) in [6, 6.07) is 17.5. The number of hydrogen-bond donors (Lipinski definition) is 1. The first-order valence-corrected chi connectivity index (χ1v) is 9.22. The summed E-state index contributed by atoms with van der Waals surface area (Å²) in [5.41, 5.74) is 1.99. The Hall–Kier alpha value is -2.53. The number of nitrogens with one attached hydrogen (secondary N) is 1. The first-order chi connectivity index (χ1) is 12.7. The van der Waals surface area contributed by atoms with Gasteiger partial charge in [-0.3, -0.25) is 4.79 Å². The van der Waals surface area contributed by atoms with E-state index in [0.29, 0.717) is 12.2 Å². The Balaban J connectivity index is 1.58. The van der Waals surface area contributed by atoms with Crippen molar-refractivity contribution in [3.05, 3.63) is 54.6 Å². The van der Waals surface area contributed by atoms with Crippen molar-refractivity contribution in [3.8, 4) is 5.75 Å². The van der Waals surface area contributed by atoms with Gasteiger partial charge in [-0.2, -0.15) is 0 Å². The van der Waals surface area contributed by atoms with Crippen LogP contribution in [0.15, 0.2) is 54.6 Å². The molecular weight excluding hydrogens is 326 g/mol. The zero-order valence-electron chi connectivity index (χ0n) is 15.5. The molecular formula is C21H27N3O2. The summed E-state index contributed by atoms with van der Waals surface area (Å²) in [7, 11) is 2.15. The fourth-order valence-corrected chi connectivity index (χ4v) is 3.03. The molecule has 138 valence electrons. The van der Waals surface area contributed by atoms with Gasteiger partial charge in [-0.1, -0.05) is 25.1 Å². The van der Waals surface area contributed by atoms with Gasteiger partial charge < -0.3 is 19.9 Å². The zero-order chi connectivity index (χ0) is 18.4. The van der Waals surface area contributed by atoms with Crippen LogP contribution in [0.2, 0.25) is 0 Å². The summed E-state index contributed by atoms with van der Waals surface area (Å²) in [5, 5.41) is 2.96.